The summed E-state index contributed by atoms with van der Waals surface area (Å²) >= 11 is 0. The number of hydrogen-bond acceptors (Lipinski definition) is 4. The highest BCUT2D eigenvalue weighted by atomic mass is 19.4. The van der Waals surface area contributed by atoms with E-state index in [9.17, 15) is 22.8 Å². The summed E-state index contributed by atoms with van der Waals surface area (Å²) in [4.78, 5) is 27.4. The lowest BCUT2D eigenvalue weighted by Crippen LogP contribution is -2.40. The van der Waals surface area contributed by atoms with E-state index in [-0.39, 0.29) is 11.4 Å². The van der Waals surface area contributed by atoms with Gasteiger partial charge in [-0.1, -0.05) is 18.2 Å². The molecule has 2 aromatic rings. The maximum Gasteiger partial charge on any atom is 0.405 e. The lowest BCUT2D eigenvalue weighted by molar-refractivity contribution is -0.137. The van der Waals surface area contributed by atoms with Crippen molar-refractivity contribution in [1.29, 1.82) is 0 Å². The first-order valence-corrected chi connectivity index (χ1v) is 7.15. The molecule has 1 heterocycles. The first-order chi connectivity index (χ1) is 11.8. The molecule has 0 radical (unpaired) electrons. The Morgan fingerprint density at radius 2 is 1.76 bits per heavy atom. The fraction of sp³-hybridized carbons (Fsp3) is 0.188. The van der Waals surface area contributed by atoms with Crippen LogP contribution in [0, 0.1) is 0 Å². The Kier molecular flexibility index (Phi) is 5.93. The Bertz CT molecular complexity index is 736. The number of halogens is 3. The minimum atomic E-state index is -4.51. The van der Waals surface area contributed by atoms with Crippen LogP contribution in [0.3, 0.4) is 0 Å². The Morgan fingerprint density at radius 1 is 1.04 bits per heavy atom. The van der Waals surface area contributed by atoms with Gasteiger partial charge in [-0.2, -0.15) is 13.2 Å². The number of aromatic nitrogens is 1. The standard InChI is InChI=1S/C16H14F3N3O3/c17-16(18,19)10-22-13(23)9-21-14(24)12-7-4-8-20-15(12)25-11-5-2-1-3-6-11/h1-8H,9-10H2,(H,21,24)(H,22,23). The molecule has 25 heavy (non-hydrogen) atoms. The Hall–Kier alpha value is -3.10. The van der Waals surface area contributed by atoms with E-state index >= 15 is 0 Å². The Labute approximate surface area is 141 Å². The monoisotopic (exact) mass is 353 g/mol. The topological polar surface area (TPSA) is 80.3 Å². The van der Waals surface area contributed by atoms with E-state index in [0.717, 1.165) is 0 Å². The quantitative estimate of drug-likeness (QED) is 0.835. The highest BCUT2D eigenvalue weighted by Gasteiger charge is 2.27. The van der Waals surface area contributed by atoms with Crippen LogP contribution < -0.4 is 15.4 Å². The van der Waals surface area contributed by atoms with Gasteiger partial charge in [0.05, 0.1) is 6.54 Å². The molecule has 0 aliphatic heterocycles. The number of nitrogens with zero attached hydrogens (tertiary/aromatic N) is 1. The number of alkyl halides is 3. The predicted octanol–water partition coefficient (Wildman–Crippen LogP) is 2.28. The number of benzene rings is 1. The van der Waals surface area contributed by atoms with E-state index < -0.39 is 31.1 Å². The van der Waals surface area contributed by atoms with E-state index in [4.69, 9.17) is 4.74 Å². The van der Waals surface area contributed by atoms with Gasteiger partial charge in [0.2, 0.25) is 11.8 Å². The number of para-hydroxylation sites is 1. The van der Waals surface area contributed by atoms with E-state index in [2.05, 4.69) is 10.3 Å². The predicted molar refractivity (Wildman–Crippen MR) is 82.2 cm³/mol. The molecule has 9 heteroatoms. The average molecular weight is 353 g/mol. The SMILES string of the molecule is O=C(CNC(=O)c1cccnc1Oc1ccccc1)NCC(F)(F)F. The van der Waals surface area contributed by atoms with Gasteiger partial charge in [-0.25, -0.2) is 4.98 Å². The van der Waals surface area contributed by atoms with Gasteiger partial charge in [-0.05, 0) is 24.3 Å². The van der Waals surface area contributed by atoms with Crippen LogP contribution >= 0.6 is 0 Å². The molecule has 0 saturated carbocycles. The number of hydrogen-bond donors (Lipinski definition) is 2. The van der Waals surface area contributed by atoms with Gasteiger partial charge >= 0.3 is 6.18 Å². The fourth-order valence-corrected chi connectivity index (χ4v) is 1.76. The van der Waals surface area contributed by atoms with Crippen LogP contribution in [-0.4, -0.2) is 36.1 Å². The summed E-state index contributed by atoms with van der Waals surface area (Å²) in [5, 5.41) is 3.88. The number of ether oxygens (including phenoxy) is 1. The number of amides is 2. The van der Waals surface area contributed by atoms with Crippen LogP contribution in [0.15, 0.2) is 48.7 Å². The van der Waals surface area contributed by atoms with Crippen molar-refractivity contribution in [3.8, 4) is 11.6 Å². The van der Waals surface area contributed by atoms with Crippen LogP contribution in [0.4, 0.5) is 13.2 Å². The van der Waals surface area contributed by atoms with Crippen molar-refractivity contribution in [2.75, 3.05) is 13.1 Å². The molecule has 0 unspecified atom stereocenters. The molecule has 1 aromatic heterocycles. The van der Waals surface area contributed by atoms with Crippen molar-refractivity contribution in [2.45, 2.75) is 6.18 Å². The molecule has 6 nitrogen and oxygen atoms in total. The molecule has 0 fully saturated rings. The maximum absolute atomic E-state index is 12.1. The van der Waals surface area contributed by atoms with Gasteiger partial charge in [0, 0.05) is 6.20 Å². The zero-order chi connectivity index (χ0) is 18.3. The summed E-state index contributed by atoms with van der Waals surface area (Å²) in [6.45, 7) is -2.06. The summed E-state index contributed by atoms with van der Waals surface area (Å²) in [7, 11) is 0. The first-order valence-electron chi connectivity index (χ1n) is 7.15. The van der Waals surface area contributed by atoms with Gasteiger partial charge in [0.1, 0.15) is 17.9 Å². The summed E-state index contributed by atoms with van der Waals surface area (Å²) in [6.07, 6.45) is -3.09. The zero-order valence-electron chi connectivity index (χ0n) is 12.8. The van der Waals surface area contributed by atoms with Crippen molar-refractivity contribution in [3.05, 3.63) is 54.2 Å². The van der Waals surface area contributed by atoms with Crippen LogP contribution in [-0.2, 0) is 4.79 Å². The first kappa shape index (κ1) is 18.2. The van der Waals surface area contributed by atoms with Crippen molar-refractivity contribution in [3.63, 3.8) is 0 Å². The molecular weight excluding hydrogens is 339 g/mol. The van der Waals surface area contributed by atoms with Crippen molar-refractivity contribution in [1.82, 2.24) is 15.6 Å². The lowest BCUT2D eigenvalue weighted by Gasteiger charge is -2.11. The summed E-state index contributed by atoms with van der Waals surface area (Å²) in [5.74, 6) is -1.18. The number of rotatable bonds is 6. The third-order valence-electron chi connectivity index (χ3n) is 2.87. The van der Waals surface area contributed by atoms with Gasteiger partial charge in [-0.3, -0.25) is 9.59 Å². The Balaban J connectivity index is 1.97. The molecule has 2 amide bonds. The maximum atomic E-state index is 12.1. The van der Waals surface area contributed by atoms with Crippen molar-refractivity contribution < 1.29 is 27.5 Å². The Morgan fingerprint density at radius 3 is 2.44 bits per heavy atom. The minimum absolute atomic E-state index is 0.0156. The van der Waals surface area contributed by atoms with Gasteiger partial charge < -0.3 is 15.4 Å². The van der Waals surface area contributed by atoms with Crippen LogP contribution in [0.25, 0.3) is 0 Å². The molecule has 0 aliphatic carbocycles. The van der Waals surface area contributed by atoms with Crippen LogP contribution in [0.2, 0.25) is 0 Å². The zero-order valence-corrected chi connectivity index (χ0v) is 12.8. The van der Waals surface area contributed by atoms with Gasteiger partial charge in [-0.15, -0.1) is 0 Å². The smallest absolute Gasteiger partial charge is 0.405 e. The second-order valence-corrected chi connectivity index (χ2v) is 4.85. The van der Waals surface area contributed by atoms with Crippen LogP contribution in [0.5, 0.6) is 11.6 Å². The number of nitrogens with one attached hydrogen (secondary N) is 2. The molecule has 0 aliphatic rings. The van der Waals surface area contributed by atoms with Crippen LogP contribution in [0.1, 0.15) is 10.4 Å². The molecule has 2 rings (SSSR count). The number of pyridine rings is 1. The lowest BCUT2D eigenvalue weighted by atomic mass is 10.2. The fourth-order valence-electron chi connectivity index (χ4n) is 1.76. The van der Waals surface area contributed by atoms with Crippen molar-refractivity contribution >= 4 is 11.8 Å². The normalized spacial score (nSPS) is 10.8. The number of carbonyl (C=O) groups is 2. The summed E-state index contributed by atoms with van der Waals surface area (Å²) < 4.78 is 41.5. The number of carbonyl (C=O) groups excluding carboxylic acids is 2. The van der Waals surface area contributed by atoms with E-state index in [1.165, 1.54) is 18.3 Å². The van der Waals surface area contributed by atoms with Crippen molar-refractivity contribution in [2.24, 2.45) is 0 Å². The molecule has 0 saturated heterocycles. The van der Waals surface area contributed by atoms with E-state index in [1.54, 1.807) is 35.6 Å². The molecule has 0 atom stereocenters. The highest BCUT2D eigenvalue weighted by Crippen LogP contribution is 2.22. The van der Waals surface area contributed by atoms with Gasteiger partial charge in [0.15, 0.2) is 0 Å². The summed E-state index contributed by atoms with van der Waals surface area (Å²) in [6, 6.07) is 11.5. The second-order valence-electron chi connectivity index (χ2n) is 4.85. The highest BCUT2D eigenvalue weighted by molar-refractivity contribution is 5.98. The molecule has 2 N–H and O–H groups in total. The molecule has 132 valence electrons. The molecule has 0 bridgehead atoms. The molecular formula is C16H14F3N3O3. The minimum Gasteiger partial charge on any atom is -0.438 e. The molecule has 0 spiro atoms. The molecule has 1 aromatic carbocycles. The second kappa shape index (κ2) is 8.13. The van der Waals surface area contributed by atoms with E-state index in [1.807, 2.05) is 0 Å². The largest absolute Gasteiger partial charge is 0.438 e. The third-order valence-corrected chi connectivity index (χ3v) is 2.87. The third kappa shape index (κ3) is 6.13. The van der Waals surface area contributed by atoms with Gasteiger partial charge in [0.25, 0.3) is 5.91 Å². The average Bonchev–Trinajstić information content (AvgIpc) is 2.58. The summed E-state index contributed by atoms with van der Waals surface area (Å²) in [5.41, 5.74) is 0.0509. The van der Waals surface area contributed by atoms with E-state index in [0.29, 0.717) is 5.75 Å².